The SMILES string of the molecule is NCCN.[C-]#N.[Cu+].[Zn+2]. The zero-order valence-corrected chi connectivity index (χ0v) is 8.43. The Kier molecular flexibility index (Phi) is 146. The van der Waals surface area contributed by atoms with E-state index in [-0.39, 0.29) is 36.5 Å². The fraction of sp³-hybridized carbons (Fsp3) is 0.667. The third-order valence-electron chi connectivity index (χ3n) is 0.167. The predicted molar refractivity (Wildman–Crippen MR) is 23.1 cm³/mol. The fourth-order valence-electron chi connectivity index (χ4n) is 0. The van der Waals surface area contributed by atoms with Gasteiger partial charge in [-0.3, -0.25) is 0 Å². The Bertz CT molecular complexity index is 31.0. The van der Waals surface area contributed by atoms with E-state index in [0.29, 0.717) is 13.1 Å². The molecule has 0 fully saturated rings. The zero-order valence-electron chi connectivity index (χ0n) is 4.52. The van der Waals surface area contributed by atoms with Crippen LogP contribution in [-0.4, -0.2) is 13.1 Å². The maximum atomic E-state index is 6.25. The molecule has 5 heteroatoms. The first kappa shape index (κ1) is 23.5. The van der Waals surface area contributed by atoms with E-state index in [1.807, 2.05) is 0 Å². The smallest absolute Gasteiger partial charge is 0.512 e. The molecule has 8 heavy (non-hydrogen) atoms. The van der Waals surface area contributed by atoms with E-state index in [4.69, 9.17) is 23.3 Å². The third-order valence-corrected chi connectivity index (χ3v) is 0.167. The van der Waals surface area contributed by atoms with Crippen molar-refractivity contribution in [2.45, 2.75) is 0 Å². The van der Waals surface area contributed by atoms with Gasteiger partial charge < -0.3 is 23.3 Å². The van der Waals surface area contributed by atoms with Crippen LogP contribution < -0.4 is 11.5 Å². The number of hydrogen-bond donors (Lipinski definition) is 2. The molecule has 3 nitrogen and oxygen atoms in total. The summed E-state index contributed by atoms with van der Waals surface area (Å²) in [5.74, 6) is 0. The van der Waals surface area contributed by atoms with Crippen molar-refractivity contribution < 1.29 is 36.5 Å². The van der Waals surface area contributed by atoms with E-state index < -0.39 is 0 Å². The molecule has 0 aliphatic carbocycles. The summed E-state index contributed by atoms with van der Waals surface area (Å²) in [6.45, 7) is 5.94. The van der Waals surface area contributed by atoms with Crippen LogP contribution in [0.15, 0.2) is 0 Å². The van der Waals surface area contributed by atoms with Crippen LogP contribution in [-0.2, 0) is 36.5 Å². The molecule has 0 saturated heterocycles. The van der Waals surface area contributed by atoms with Crippen molar-refractivity contribution in [3.63, 3.8) is 0 Å². The molecule has 0 radical (unpaired) electrons. The summed E-state index contributed by atoms with van der Waals surface area (Å²) >= 11 is 0. The van der Waals surface area contributed by atoms with Crippen molar-refractivity contribution in [2.75, 3.05) is 13.1 Å². The van der Waals surface area contributed by atoms with Crippen LogP contribution in [0.1, 0.15) is 0 Å². The molecular weight excluding hydrogens is 207 g/mol. The molecule has 0 aromatic heterocycles. The molecule has 0 aromatic rings. The van der Waals surface area contributed by atoms with Crippen LogP contribution >= 0.6 is 0 Å². The molecule has 0 spiro atoms. The van der Waals surface area contributed by atoms with Crippen LogP contribution in [0.4, 0.5) is 0 Å². The second-order valence-electron chi connectivity index (χ2n) is 0.577. The van der Waals surface area contributed by atoms with Crippen LogP contribution in [0.3, 0.4) is 0 Å². The van der Waals surface area contributed by atoms with Gasteiger partial charge in [-0.2, -0.15) is 0 Å². The second kappa shape index (κ2) is 49.8. The summed E-state index contributed by atoms with van der Waals surface area (Å²) in [6.07, 6.45) is 0. The fourth-order valence-corrected chi connectivity index (χ4v) is 0. The van der Waals surface area contributed by atoms with Crippen LogP contribution in [0.2, 0.25) is 0 Å². The minimum absolute atomic E-state index is 0. The van der Waals surface area contributed by atoms with Crippen molar-refractivity contribution in [2.24, 2.45) is 11.5 Å². The molecule has 0 unspecified atom stereocenters. The molecule has 0 atom stereocenters. The minimum Gasteiger partial charge on any atom is -0.512 e. The van der Waals surface area contributed by atoms with Gasteiger partial charge in [-0.15, -0.1) is 0 Å². The topological polar surface area (TPSA) is 75.8 Å². The third kappa shape index (κ3) is 83.8. The Morgan fingerprint density at radius 2 is 1.25 bits per heavy atom. The maximum Gasteiger partial charge on any atom is 2.00 e. The van der Waals surface area contributed by atoms with E-state index >= 15 is 0 Å². The van der Waals surface area contributed by atoms with E-state index in [2.05, 4.69) is 0 Å². The molecule has 0 aromatic carbocycles. The van der Waals surface area contributed by atoms with Gasteiger partial charge >= 0.3 is 36.5 Å². The summed E-state index contributed by atoms with van der Waals surface area (Å²) in [6, 6.07) is 0. The quantitative estimate of drug-likeness (QED) is 0.435. The summed E-state index contributed by atoms with van der Waals surface area (Å²) in [5.41, 5.74) is 9.81. The van der Waals surface area contributed by atoms with Gasteiger partial charge in [-0.1, -0.05) is 0 Å². The molecule has 0 amide bonds. The first-order valence-corrected chi connectivity index (χ1v) is 1.54. The molecule has 46 valence electrons. The number of rotatable bonds is 1. The van der Waals surface area contributed by atoms with Gasteiger partial charge in [-0.05, 0) is 0 Å². The Hall–Kier alpha value is 0.553. The largest absolute Gasteiger partial charge is 2.00 e. The molecule has 0 heterocycles. The van der Waals surface area contributed by atoms with Gasteiger partial charge in [0.05, 0.1) is 0 Å². The molecule has 0 aliphatic heterocycles. The summed E-state index contributed by atoms with van der Waals surface area (Å²) < 4.78 is 0. The Balaban J connectivity index is -0.0000000183. The van der Waals surface area contributed by atoms with E-state index in [1.54, 1.807) is 0 Å². The maximum absolute atomic E-state index is 6.25. The van der Waals surface area contributed by atoms with Crippen molar-refractivity contribution in [3.8, 4) is 0 Å². The molecule has 0 bridgehead atoms. The second-order valence-corrected chi connectivity index (χ2v) is 0.577. The number of nitrogens with zero attached hydrogens (tertiary/aromatic N) is 1. The summed E-state index contributed by atoms with van der Waals surface area (Å²) in [7, 11) is 0. The van der Waals surface area contributed by atoms with Crippen LogP contribution in [0.25, 0.3) is 0 Å². The average molecular weight is 215 g/mol. The van der Waals surface area contributed by atoms with E-state index in [1.165, 1.54) is 0 Å². The molecular formula is C3H8CuN3Zn+2. The van der Waals surface area contributed by atoms with Crippen molar-refractivity contribution >= 4 is 0 Å². The van der Waals surface area contributed by atoms with Gasteiger partial charge in [0.15, 0.2) is 0 Å². The van der Waals surface area contributed by atoms with Crippen LogP contribution in [0.5, 0.6) is 0 Å². The Labute approximate surface area is 73.0 Å². The normalized spacial score (nSPS) is 4.00. The van der Waals surface area contributed by atoms with Gasteiger partial charge in [0.1, 0.15) is 0 Å². The van der Waals surface area contributed by atoms with Gasteiger partial charge in [-0.25, -0.2) is 0 Å². The van der Waals surface area contributed by atoms with Gasteiger partial charge in [0, 0.05) is 13.1 Å². The molecule has 0 aliphatic rings. The first-order valence-electron chi connectivity index (χ1n) is 1.54. The van der Waals surface area contributed by atoms with Crippen LogP contribution in [0, 0.1) is 11.8 Å². The monoisotopic (exact) mass is 213 g/mol. The molecule has 4 N–H and O–H groups in total. The minimum atomic E-state index is 0. The molecule has 0 saturated carbocycles. The van der Waals surface area contributed by atoms with Gasteiger partial charge in [0.25, 0.3) is 0 Å². The van der Waals surface area contributed by atoms with E-state index in [0.717, 1.165) is 0 Å². The summed E-state index contributed by atoms with van der Waals surface area (Å²) in [4.78, 5) is 0. The zero-order chi connectivity index (χ0) is 5.41. The summed E-state index contributed by atoms with van der Waals surface area (Å²) in [5, 5.41) is 6.25. The van der Waals surface area contributed by atoms with Crippen molar-refractivity contribution in [1.82, 2.24) is 0 Å². The van der Waals surface area contributed by atoms with E-state index in [9.17, 15) is 0 Å². The van der Waals surface area contributed by atoms with Crippen molar-refractivity contribution in [3.05, 3.63) is 6.57 Å². The Morgan fingerprint density at radius 3 is 1.25 bits per heavy atom. The predicted octanol–water partition coefficient (Wildman–Crippen LogP) is -1.00. The number of nitrogens with two attached hydrogens (primary N) is 2. The standard InChI is InChI=1S/C2H8N2.CN.Cu.Zn/c3-1-2-4;1-2;;/h1-4H2;;;/q;-1;+1;+2. The first-order chi connectivity index (χ1) is 2.91. The molecule has 0 rings (SSSR count). The average Bonchev–Trinajstić information content (AvgIpc) is 1.72. The Morgan fingerprint density at radius 1 is 1.12 bits per heavy atom. The van der Waals surface area contributed by atoms with Gasteiger partial charge in [0.2, 0.25) is 0 Å². The van der Waals surface area contributed by atoms with Crippen molar-refractivity contribution in [1.29, 1.82) is 5.26 Å². The number of hydrogen-bond acceptors (Lipinski definition) is 3.